The summed E-state index contributed by atoms with van der Waals surface area (Å²) >= 11 is 0. The highest BCUT2D eigenvalue weighted by Gasteiger charge is 2.25. The van der Waals surface area contributed by atoms with E-state index in [4.69, 9.17) is 4.74 Å². The van der Waals surface area contributed by atoms with Gasteiger partial charge in [-0.1, -0.05) is 32.0 Å². The maximum absolute atomic E-state index is 12.9. The van der Waals surface area contributed by atoms with Crippen LogP contribution in [0.15, 0.2) is 47.4 Å². The summed E-state index contributed by atoms with van der Waals surface area (Å²) in [6.45, 7) is 7.39. The molecular formula is C23H30N2O4S. The van der Waals surface area contributed by atoms with Crippen LogP contribution in [0, 0.1) is 12.8 Å². The summed E-state index contributed by atoms with van der Waals surface area (Å²) < 4.78 is 33.0. The van der Waals surface area contributed by atoms with Crippen molar-refractivity contribution in [1.29, 1.82) is 0 Å². The number of amides is 1. The van der Waals surface area contributed by atoms with E-state index < -0.39 is 10.0 Å². The molecule has 2 aromatic rings. The first-order chi connectivity index (χ1) is 14.3. The number of benzene rings is 2. The van der Waals surface area contributed by atoms with E-state index in [0.717, 1.165) is 12.2 Å². The molecule has 0 spiro atoms. The third kappa shape index (κ3) is 5.47. The number of aryl methyl sites for hydroxylation is 1. The van der Waals surface area contributed by atoms with Crippen molar-refractivity contribution in [3.8, 4) is 0 Å². The fourth-order valence-electron chi connectivity index (χ4n) is 3.29. The molecule has 0 saturated heterocycles. The maximum Gasteiger partial charge on any atom is 0.255 e. The van der Waals surface area contributed by atoms with E-state index in [2.05, 4.69) is 5.32 Å². The molecule has 1 amide bonds. The minimum absolute atomic E-state index is 0.168. The molecule has 1 aliphatic rings. The molecule has 0 bridgehead atoms. The molecule has 30 heavy (non-hydrogen) atoms. The highest BCUT2D eigenvalue weighted by molar-refractivity contribution is 7.89. The molecule has 1 fully saturated rings. The maximum atomic E-state index is 12.9. The normalized spacial score (nSPS) is 14.1. The van der Waals surface area contributed by atoms with Crippen LogP contribution in [0.1, 0.15) is 48.2 Å². The van der Waals surface area contributed by atoms with E-state index in [0.29, 0.717) is 42.4 Å². The van der Waals surface area contributed by atoms with Crippen molar-refractivity contribution < 1.29 is 17.9 Å². The van der Waals surface area contributed by atoms with Gasteiger partial charge in [0.15, 0.2) is 0 Å². The molecule has 0 aromatic heterocycles. The summed E-state index contributed by atoms with van der Waals surface area (Å²) in [5.74, 6) is 0.360. The van der Waals surface area contributed by atoms with Gasteiger partial charge in [0.05, 0.1) is 11.5 Å². The van der Waals surface area contributed by atoms with Gasteiger partial charge in [0.1, 0.15) is 0 Å². The number of ether oxygens (including phenoxy) is 1. The van der Waals surface area contributed by atoms with Crippen molar-refractivity contribution in [2.45, 2.75) is 45.1 Å². The lowest BCUT2D eigenvalue weighted by molar-refractivity contribution is 0.102. The summed E-state index contributed by atoms with van der Waals surface area (Å²) in [5, 5.41) is 2.86. The summed E-state index contributed by atoms with van der Waals surface area (Å²) in [6.07, 6.45) is 2.50. The van der Waals surface area contributed by atoms with Crippen molar-refractivity contribution in [2.75, 3.05) is 25.0 Å². The largest absolute Gasteiger partial charge is 0.376 e. The molecule has 3 rings (SSSR count). The average molecular weight is 431 g/mol. The zero-order valence-electron chi connectivity index (χ0n) is 17.8. The summed E-state index contributed by atoms with van der Waals surface area (Å²) in [6, 6.07) is 12.3. The predicted molar refractivity (Wildman–Crippen MR) is 118 cm³/mol. The fourth-order valence-corrected chi connectivity index (χ4v) is 5.00. The van der Waals surface area contributed by atoms with E-state index in [1.54, 1.807) is 32.9 Å². The zero-order valence-corrected chi connectivity index (χ0v) is 18.7. The van der Waals surface area contributed by atoms with Crippen LogP contribution in [0.4, 0.5) is 5.69 Å². The number of carbonyl (C=O) groups excluding carboxylic acids is 1. The number of sulfonamides is 1. The Labute approximate surface area is 179 Å². The fraction of sp³-hybridized carbons (Fsp3) is 0.435. The first kappa shape index (κ1) is 22.5. The second-order valence-corrected chi connectivity index (χ2v) is 9.59. The van der Waals surface area contributed by atoms with Crippen LogP contribution in [0.2, 0.25) is 0 Å². The van der Waals surface area contributed by atoms with Crippen LogP contribution in [-0.2, 0) is 21.4 Å². The lowest BCUT2D eigenvalue weighted by atomic mass is 10.1. The van der Waals surface area contributed by atoms with Gasteiger partial charge in [0.2, 0.25) is 10.0 Å². The van der Waals surface area contributed by atoms with Gasteiger partial charge in [-0.05, 0) is 61.1 Å². The Kier molecular flexibility index (Phi) is 7.28. The van der Waals surface area contributed by atoms with Crippen molar-refractivity contribution in [3.05, 3.63) is 59.2 Å². The number of anilines is 1. The number of nitrogens with zero attached hydrogens (tertiary/aromatic N) is 1. The van der Waals surface area contributed by atoms with E-state index in [1.165, 1.54) is 23.2 Å². The minimum Gasteiger partial charge on any atom is -0.376 e. The second-order valence-electron chi connectivity index (χ2n) is 7.68. The number of carbonyl (C=O) groups is 1. The first-order valence-corrected chi connectivity index (χ1v) is 11.9. The van der Waals surface area contributed by atoms with Crippen LogP contribution in [0.25, 0.3) is 0 Å². The van der Waals surface area contributed by atoms with Crippen molar-refractivity contribution in [3.63, 3.8) is 0 Å². The summed E-state index contributed by atoms with van der Waals surface area (Å²) in [4.78, 5) is 13.0. The Morgan fingerprint density at radius 3 is 2.53 bits per heavy atom. The van der Waals surface area contributed by atoms with Gasteiger partial charge >= 0.3 is 0 Å². The van der Waals surface area contributed by atoms with Gasteiger partial charge in [-0.2, -0.15) is 4.31 Å². The molecule has 2 aromatic carbocycles. The molecule has 1 saturated carbocycles. The molecule has 0 unspecified atom stereocenters. The number of rotatable bonds is 10. The third-order valence-electron chi connectivity index (χ3n) is 5.28. The van der Waals surface area contributed by atoms with Gasteiger partial charge < -0.3 is 10.1 Å². The van der Waals surface area contributed by atoms with Crippen LogP contribution in [-0.4, -0.2) is 38.3 Å². The standard InChI is InChI=1S/C23H30N2O4S/c1-4-25(5-2)30(27,28)22-14-20(12-9-17(22)3)23(26)24-21-8-6-7-19(13-21)16-29-15-18-10-11-18/h6-9,12-14,18H,4-5,10-11,15-16H2,1-3H3,(H,24,26). The minimum atomic E-state index is -3.64. The molecule has 1 aliphatic carbocycles. The van der Waals surface area contributed by atoms with E-state index in [-0.39, 0.29) is 10.8 Å². The van der Waals surface area contributed by atoms with Crippen LogP contribution in [0.3, 0.4) is 0 Å². The quantitative estimate of drug-likeness (QED) is 0.613. The van der Waals surface area contributed by atoms with Gasteiger partial charge in [0, 0.05) is 30.9 Å². The van der Waals surface area contributed by atoms with Gasteiger partial charge in [-0.25, -0.2) is 8.42 Å². The molecule has 0 radical (unpaired) electrons. The highest BCUT2D eigenvalue weighted by atomic mass is 32.2. The Hall–Kier alpha value is -2.22. The molecule has 0 aliphatic heterocycles. The zero-order chi connectivity index (χ0) is 21.7. The van der Waals surface area contributed by atoms with Gasteiger partial charge in [-0.3, -0.25) is 4.79 Å². The summed E-state index contributed by atoms with van der Waals surface area (Å²) in [5.41, 5.74) is 2.57. The molecule has 162 valence electrons. The Morgan fingerprint density at radius 2 is 1.87 bits per heavy atom. The molecular weight excluding hydrogens is 400 g/mol. The number of nitrogens with one attached hydrogen (secondary N) is 1. The van der Waals surface area contributed by atoms with E-state index in [9.17, 15) is 13.2 Å². The Morgan fingerprint density at radius 1 is 1.13 bits per heavy atom. The Bertz CT molecular complexity index is 996. The first-order valence-electron chi connectivity index (χ1n) is 10.4. The second kappa shape index (κ2) is 9.73. The van der Waals surface area contributed by atoms with Crippen molar-refractivity contribution in [1.82, 2.24) is 4.31 Å². The molecule has 1 N–H and O–H groups in total. The SMILES string of the molecule is CCN(CC)S(=O)(=O)c1cc(C(=O)Nc2cccc(COCC3CC3)c2)ccc1C. The summed E-state index contributed by atoms with van der Waals surface area (Å²) in [7, 11) is -3.64. The Balaban J connectivity index is 1.74. The average Bonchev–Trinajstić information content (AvgIpc) is 3.53. The molecule has 7 heteroatoms. The molecule has 0 heterocycles. The van der Waals surface area contributed by atoms with Gasteiger partial charge in [-0.15, -0.1) is 0 Å². The monoisotopic (exact) mass is 430 g/mol. The highest BCUT2D eigenvalue weighted by Crippen LogP contribution is 2.29. The molecule has 6 nitrogen and oxygen atoms in total. The lowest BCUT2D eigenvalue weighted by Crippen LogP contribution is -2.31. The topological polar surface area (TPSA) is 75.7 Å². The van der Waals surface area contributed by atoms with Crippen LogP contribution < -0.4 is 5.32 Å². The smallest absolute Gasteiger partial charge is 0.255 e. The van der Waals surface area contributed by atoms with E-state index in [1.807, 2.05) is 24.3 Å². The number of hydrogen-bond acceptors (Lipinski definition) is 4. The number of hydrogen-bond donors (Lipinski definition) is 1. The van der Waals surface area contributed by atoms with E-state index >= 15 is 0 Å². The van der Waals surface area contributed by atoms with Crippen LogP contribution in [0.5, 0.6) is 0 Å². The van der Waals surface area contributed by atoms with Crippen molar-refractivity contribution in [2.24, 2.45) is 5.92 Å². The third-order valence-corrected chi connectivity index (χ3v) is 7.47. The van der Waals surface area contributed by atoms with Gasteiger partial charge in [0.25, 0.3) is 5.91 Å². The molecule has 0 atom stereocenters. The van der Waals surface area contributed by atoms with Crippen LogP contribution >= 0.6 is 0 Å². The predicted octanol–water partition coefficient (Wildman–Crippen LogP) is 4.20. The lowest BCUT2D eigenvalue weighted by Gasteiger charge is -2.20. The van der Waals surface area contributed by atoms with Crippen molar-refractivity contribution >= 4 is 21.6 Å².